The Labute approximate surface area is 116 Å². The van der Waals surface area contributed by atoms with E-state index in [4.69, 9.17) is 4.74 Å². The number of aryl methyl sites for hydroxylation is 1. The summed E-state index contributed by atoms with van der Waals surface area (Å²) in [7, 11) is 0. The van der Waals surface area contributed by atoms with E-state index in [-0.39, 0.29) is 11.9 Å². The van der Waals surface area contributed by atoms with Crippen molar-refractivity contribution in [3.63, 3.8) is 0 Å². The molecule has 19 heavy (non-hydrogen) atoms. The van der Waals surface area contributed by atoms with E-state index >= 15 is 0 Å². The van der Waals surface area contributed by atoms with Crippen molar-refractivity contribution < 1.29 is 9.53 Å². The van der Waals surface area contributed by atoms with Gasteiger partial charge in [0.2, 0.25) is 0 Å². The molecule has 0 unspecified atom stereocenters. The van der Waals surface area contributed by atoms with Crippen molar-refractivity contribution in [3.05, 3.63) is 29.8 Å². The molecule has 0 fully saturated rings. The van der Waals surface area contributed by atoms with E-state index in [1.165, 1.54) is 5.56 Å². The first-order chi connectivity index (χ1) is 9.06. The van der Waals surface area contributed by atoms with Crippen molar-refractivity contribution in [1.29, 1.82) is 0 Å². The van der Waals surface area contributed by atoms with Gasteiger partial charge in [-0.25, -0.2) is 0 Å². The van der Waals surface area contributed by atoms with E-state index in [1.807, 2.05) is 45.0 Å². The van der Waals surface area contributed by atoms with Gasteiger partial charge in [-0.15, -0.1) is 0 Å². The Bertz CT molecular complexity index is 386. The van der Waals surface area contributed by atoms with E-state index in [0.717, 1.165) is 18.6 Å². The summed E-state index contributed by atoms with van der Waals surface area (Å²) in [4.78, 5) is 12.1. The second-order valence-electron chi connectivity index (χ2n) is 5.03. The van der Waals surface area contributed by atoms with E-state index < -0.39 is 6.10 Å². The van der Waals surface area contributed by atoms with Crippen LogP contribution in [0, 0.1) is 6.92 Å². The van der Waals surface area contributed by atoms with Gasteiger partial charge in [0.1, 0.15) is 5.75 Å². The third kappa shape index (κ3) is 5.33. The van der Waals surface area contributed by atoms with Gasteiger partial charge in [0.15, 0.2) is 6.10 Å². The van der Waals surface area contributed by atoms with Crippen LogP contribution in [0.5, 0.6) is 5.75 Å². The standard InChI is InChI=1S/C16H25NO2/c1-5-7-13(4)17-16(18)15(6-2)19-14-10-8-12(3)9-11-14/h8-11,13,15H,5-7H2,1-4H3,(H,17,18)/t13-,15+/m0/s1. The summed E-state index contributed by atoms with van der Waals surface area (Å²) in [5, 5.41) is 3.00. The van der Waals surface area contributed by atoms with Gasteiger partial charge in [-0.2, -0.15) is 0 Å². The average Bonchev–Trinajstić information content (AvgIpc) is 2.38. The maximum absolute atomic E-state index is 12.1. The molecule has 1 amide bonds. The molecule has 0 aliphatic rings. The van der Waals surface area contributed by atoms with Crippen molar-refractivity contribution in [2.45, 2.75) is 59.1 Å². The lowest BCUT2D eigenvalue weighted by Crippen LogP contribution is -2.42. The molecule has 2 atom stereocenters. The summed E-state index contributed by atoms with van der Waals surface area (Å²) in [5.74, 6) is 0.722. The zero-order valence-electron chi connectivity index (χ0n) is 12.4. The first-order valence-corrected chi connectivity index (χ1v) is 7.10. The fourth-order valence-corrected chi connectivity index (χ4v) is 1.94. The third-order valence-electron chi connectivity index (χ3n) is 3.07. The minimum absolute atomic E-state index is 0.0241. The van der Waals surface area contributed by atoms with Gasteiger partial charge in [0.05, 0.1) is 0 Å². The molecule has 0 saturated heterocycles. The van der Waals surface area contributed by atoms with Crippen LogP contribution < -0.4 is 10.1 Å². The molecule has 0 radical (unpaired) electrons. The number of ether oxygens (including phenoxy) is 1. The molecular formula is C16H25NO2. The molecule has 0 aliphatic heterocycles. The SMILES string of the molecule is CCC[C@H](C)NC(=O)[C@@H](CC)Oc1ccc(C)cc1. The highest BCUT2D eigenvalue weighted by atomic mass is 16.5. The Morgan fingerprint density at radius 3 is 2.42 bits per heavy atom. The summed E-state index contributed by atoms with van der Waals surface area (Å²) in [6, 6.07) is 7.98. The smallest absolute Gasteiger partial charge is 0.261 e. The molecule has 1 aromatic rings. The predicted octanol–water partition coefficient (Wildman–Crippen LogP) is 3.46. The molecule has 1 aromatic carbocycles. The minimum Gasteiger partial charge on any atom is -0.481 e. The van der Waals surface area contributed by atoms with Crippen molar-refractivity contribution in [2.24, 2.45) is 0 Å². The Balaban J connectivity index is 2.57. The largest absolute Gasteiger partial charge is 0.481 e. The predicted molar refractivity (Wildman–Crippen MR) is 78.4 cm³/mol. The molecule has 1 rings (SSSR count). The number of benzene rings is 1. The van der Waals surface area contributed by atoms with Crippen molar-refractivity contribution >= 4 is 5.91 Å². The maximum Gasteiger partial charge on any atom is 0.261 e. The fraction of sp³-hybridized carbons (Fsp3) is 0.562. The van der Waals surface area contributed by atoms with E-state index in [1.54, 1.807) is 0 Å². The summed E-state index contributed by atoms with van der Waals surface area (Å²) in [6.45, 7) is 8.13. The maximum atomic E-state index is 12.1. The molecule has 3 heteroatoms. The lowest BCUT2D eigenvalue weighted by atomic mass is 10.1. The highest BCUT2D eigenvalue weighted by molar-refractivity contribution is 5.81. The molecule has 0 bridgehead atoms. The van der Waals surface area contributed by atoms with Crippen molar-refractivity contribution in [3.8, 4) is 5.75 Å². The van der Waals surface area contributed by atoms with Crippen LogP contribution in [0.15, 0.2) is 24.3 Å². The Morgan fingerprint density at radius 2 is 1.89 bits per heavy atom. The monoisotopic (exact) mass is 263 g/mol. The average molecular weight is 263 g/mol. The van der Waals surface area contributed by atoms with Crippen LogP contribution in [0.2, 0.25) is 0 Å². The van der Waals surface area contributed by atoms with Gasteiger partial charge >= 0.3 is 0 Å². The molecule has 0 heterocycles. The van der Waals surface area contributed by atoms with Crippen LogP contribution in [-0.4, -0.2) is 18.1 Å². The minimum atomic E-state index is -0.415. The topological polar surface area (TPSA) is 38.3 Å². The van der Waals surface area contributed by atoms with Gasteiger partial charge in [0.25, 0.3) is 5.91 Å². The van der Waals surface area contributed by atoms with E-state index in [9.17, 15) is 4.79 Å². The molecule has 0 aliphatic carbocycles. The van der Waals surface area contributed by atoms with Crippen molar-refractivity contribution in [1.82, 2.24) is 5.32 Å². The molecule has 0 aromatic heterocycles. The van der Waals surface area contributed by atoms with Crippen LogP contribution in [0.1, 0.15) is 45.6 Å². The summed E-state index contributed by atoms with van der Waals surface area (Å²) in [5.41, 5.74) is 1.18. The second-order valence-corrected chi connectivity index (χ2v) is 5.03. The van der Waals surface area contributed by atoms with E-state index in [2.05, 4.69) is 12.2 Å². The van der Waals surface area contributed by atoms with E-state index in [0.29, 0.717) is 6.42 Å². The Kier molecular flexibility index (Phi) is 6.40. The first-order valence-electron chi connectivity index (χ1n) is 7.10. The molecule has 0 saturated carbocycles. The summed E-state index contributed by atoms with van der Waals surface area (Å²) < 4.78 is 5.75. The van der Waals surface area contributed by atoms with Crippen molar-refractivity contribution in [2.75, 3.05) is 0 Å². The second kappa shape index (κ2) is 7.82. The lowest BCUT2D eigenvalue weighted by molar-refractivity contribution is -0.128. The number of amides is 1. The van der Waals surface area contributed by atoms with Gasteiger partial charge in [-0.3, -0.25) is 4.79 Å². The molecule has 1 N–H and O–H groups in total. The third-order valence-corrected chi connectivity index (χ3v) is 3.07. The van der Waals surface area contributed by atoms with Crippen LogP contribution in [0.3, 0.4) is 0 Å². The number of hydrogen-bond donors (Lipinski definition) is 1. The summed E-state index contributed by atoms with van der Waals surface area (Å²) in [6.07, 6.45) is 2.31. The van der Waals surface area contributed by atoms with Crippen LogP contribution in [0.4, 0.5) is 0 Å². The lowest BCUT2D eigenvalue weighted by Gasteiger charge is -2.20. The van der Waals surface area contributed by atoms with Gasteiger partial charge in [-0.1, -0.05) is 38.0 Å². The highest BCUT2D eigenvalue weighted by Crippen LogP contribution is 2.14. The molecule has 0 spiro atoms. The zero-order chi connectivity index (χ0) is 14.3. The normalized spacial score (nSPS) is 13.7. The molecule has 106 valence electrons. The molecule has 3 nitrogen and oxygen atoms in total. The van der Waals surface area contributed by atoms with Crippen LogP contribution >= 0.6 is 0 Å². The number of nitrogens with one attached hydrogen (secondary N) is 1. The van der Waals surface area contributed by atoms with Gasteiger partial charge in [-0.05, 0) is 38.8 Å². The first kappa shape index (κ1) is 15.5. The number of carbonyl (C=O) groups excluding carboxylic acids is 1. The van der Waals surface area contributed by atoms with Crippen LogP contribution in [0.25, 0.3) is 0 Å². The fourth-order valence-electron chi connectivity index (χ4n) is 1.94. The Morgan fingerprint density at radius 1 is 1.26 bits per heavy atom. The zero-order valence-corrected chi connectivity index (χ0v) is 12.4. The van der Waals surface area contributed by atoms with Gasteiger partial charge < -0.3 is 10.1 Å². The molecular weight excluding hydrogens is 238 g/mol. The highest BCUT2D eigenvalue weighted by Gasteiger charge is 2.19. The Hall–Kier alpha value is -1.51. The van der Waals surface area contributed by atoms with Crippen LogP contribution in [-0.2, 0) is 4.79 Å². The number of carbonyl (C=O) groups is 1. The number of hydrogen-bond acceptors (Lipinski definition) is 2. The summed E-state index contributed by atoms with van der Waals surface area (Å²) >= 11 is 0. The van der Waals surface area contributed by atoms with Gasteiger partial charge in [0, 0.05) is 6.04 Å². The quantitative estimate of drug-likeness (QED) is 0.818. The number of rotatable bonds is 7.